The van der Waals surface area contributed by atoms with E-state index in [1.54, 1.807) is 0 Å². The van der Waals surface area contributed by atoms with E-state index < -0.39 is 39.0 Å². The van der Waals surface area contributed by atoms with Crippen molar-refractivity contribution in [1.82, 2.24) is 0 Å². The van der Waals surface area contributed by atoms with Gasteiger partial charge in [-0.15, -0.1) is 0 Å². The highest BCUT2D eigenvalue weighted by Crippen LogP contribution is 2.34. The highest BCUT2D eigenvalue weighted by molar-refractivity contribution is 7.92. The topological polar surface area (TPSA) is 75.6 Å². The van der Waals surface area contributed by atoms with Gasteiger partial charge in [0, 0.05) is 7.11 Å². The minimum atomic E-state index is -4.62. The molecular weight excluding hydrogens is 287 g/mol. The average molecular weight is 299 g/mol. The lowest BCUT2D eigenvalue weighted by Crippen LogP contribution is -2.20. The van der Waals surface area contributed by atoms with Crippen LogP contribution in [-0.4, -0.2) is 33.0 Å². The number of methoxy groups -OCH3 is 1. The molecule has 19 heavy (non-hydrogen) atoms. The third-order valence-corrected chi connectivity index (χ3v) is 3.38. The Morgan fingerprint density at radius 3 is 2.53 bits per heavy atom. The van der Waals surface area contributed by atoms with Crippen molar-refractivity contribution in [1.29, 1.82) is 0 Å². The molecule has 0 aliphatic heterocycles. The summed E-state index contributed by atoms with van der Waals surface area (Å²) in [5.74, 6) is -1.02. The summed E-state index contributed by atoms with van der Waals surface area (Å²) in [5.41, 5.74) is -1.58. The van der Waals surface area contributed by atoms with Gasteiger partial charge in [-0.3, -0.25) is 4.72 Å². The number of rotatable bonds is 5. The second-order valence-electron chi connectivity index (χ2n) is 3.64. The summed E-state index contributed by atoms with van der Waals surface area (Å²) in [4.78, 5) is 0. The van der Waals surface area contributed by atoms with E-state index in [0.717, 1.165) is 6.07 Å². The summed E-state index contributed by atoms with van der Waals surface area (Å²) < 4.78 is 66.8. The molecule has 1 aromatic carbocycles. The van der Waals surface area contributed by atoms with Gasteiger partial charge >= 0.3 is 6.18 Å². The van der Waals surface area contributed by atoms with E-state index >= 15 is 0 Å². The lowest BCUT2D eigenvalue weighted by atomic mass is 10.2. The first kappa shape index (κ1) is 15.6. The normalized spacial score (nSPS) is 12.4. The third-order valence-electron chi connectivity index (χ3n) is 2.15. The first-order chi connectivity index (χ1) is 8.65. The molecule has 0 bridgehead atoms. The first-order valence-electron chi connectivity index (χ1n) is 5.05. The molecule has 0 radical (unpaired) electrons. The van der Waals surface area contributed by atoms with Crippen molar-refractivity contribution in [2.75, 3.05) is 24.2 Å². The van der Waals surface area contributed by atoms with Crippen LogP contribution in [0.4, 0.5) is 18.9 Å². The Balaban J connectivity index is 3.01. The second kappa shape index (κ2) is 5.66. The molecule has 1 rings (SSSR count). The van der Waals surface area contributed by atoms with Gasteiger partial charge < -0.3 is 9.84 Å². The van der Waals surface area contributed by atoms with Gasteiger partial charge in [-0.25, -0.2) is 8.42 Å². The SMILES string of the molecule is COCCS(=O)(=O)Nc1cc(C(F)(F)F)ccc1O. The van der Waals surface area contributed by atoms with Crippen LogP contribution in [0.25, 0.3) is 0 Å². The van der Waals surface area contributed by atoms with E-state index in [1.807, 2.05) is 4.72 Å². The van der Waals surface area contributed by atoms with Crippen molar-refractivity contribution in [3.63, 3.8) is 0 Å². The van der Waals surface area contributed by atoms with Crippen LogP contribution >= 0.6 is 0 Å². The van der Waals surface area contributed by atoms with Gasteiger partial charge in [0.2, 0.25) is 10.0 Å². The Bertz CT molecular complexity index is 542. The van der Waals surface area contributed by atoms with E-state index in [4.69, 9.17) is 0 Å². The van der Waals surface area contributed by atoms with Crippen LogP contribution in [0.15, 0.2) is 18.2 Å². The molecule has 0 aromatic heterocycles. The van der Waals surface area contributed by atoms with Crippen LogP contribution in [0.2, 0.25) is 0 Å². The maximum absolute atomic E-state index is 12.5. The molecule has 0 amide bonds. The standard InChI is InChI=1S/C10H12F3NO4S/c1-18-4-5-19(16,17)14-8-6-7(10(11,12)13)2-3-9(8)15/h2-3,6,14-15H,4-5H2,1H3. The minimum absolute atomic E-state index is 0.116. The summed E-state index contributed by atoms with van der Waals surface area (Å²) in [6, 6.07) is 1.96. The Morgan fingerprint density at radius 1 is 1.37 bits per heavy atom. The predicted molar refractivity (Wildman–Crippen MR) is 62.4 cm³/mol. The lowest BCUT2D eigenvalue weighted by Gasteiger charge is -2.12. The summed E-state index contributed by atoms with van der Waals surface area (Å²) in [6.45, 7) is -0.116. The fourth-order valence-electron chi connectivity index (χ4n) is 1.21. The van der Waals surface area contributed by atoms with Crippen molar-refractivity contribution in [3.05, 3.63) is 23.8 Å². The van der Waals surface area contributed by atoms with Gasteiger partial charge in [0.05, 0.1) is 23.6 Å². The van der Waals surface area contributed by atoms with Crippen molar-refractivity contribution in [2.45, 2.75) is 6.18 Å². The molecule has 0 unspecified atom stereocenters. The Kier molecular flexibility index (Phi) is 4.64. The smallest absolute Gasteiger partial charge is 0.416 e. The molecule has 108 valence electrons. The molecule has 0 atom stereocenters. The lowest BCUT2D eigenvalue weighted by molar-refractivity contribution is -0.137. The Labute approximate surface area is 108 Å². The van der Waals surface area contributed by atoms with E-state index in [1.165, 1.54) is 7.11 Å². The summed E-state index contributed by atoms with van der Waals surface area (Å²) in [5, 5.41) is 9.36. The molecular formula is C10H12F3NO4S. The number of aromatic hydroxyl groups is 1. The number of anilines is 1. The van der Waals surface area contributed by atoms with Crippen LogP contribution in [0.5, 0.6) is 5.75 Å². The zero-order chi connectivity index (χ0) is 14.7. The van der Waals surface area contributed by atoms with E-state index in [0.29, 0.717) is 12.1 Å². The number of ether oxygens (including phenoxy) is 1. The van der Waals surface area contributed by atoms with Gasteiger partial charge in [-0.05, 0) is 18.2 Å². The molecule has 0 aliphatic carbocycles. The first-order valence-corrected chi connectivity index (χ1v) is 6.70. The van der Waals surface area contributed by atoms with E-state index in [-0.39, 0.29) is 6.61 Å². The molecule has 0 heterocycles. The number of halogens is 3. The van der Waals surface area contributed by atoms with Crippen LogP contribution in [0.1, 0.15) is 5.56 Å². The second-order valence-corrected chi connectivity index (χ2v) is 5.49. The third kappa shape index (κ3) is 4.60. The molecule has 0 spiro atoms. The number of nitrogens with one attached hydrogen (secondary N) is 1. The average Bonchev–Trinajstić information content (AvgIpc) is 2.28. The van der Waals surface area contributed by atoms with Crippen molar-refractivity contribution in [2.24, 2.45) is 0 Å². The molecule has 0 aliphatic rings. The monoisotopic (exact) mass is 299 g/mol. The number of alkyl halides is 3. The van der Waals surface area contributed by atoms with E-state index in [2.05, 4.69) is 4.74 Å². The molecule has 0 saturated carbocycles. The number of phenols is 1. The number of benzene rings is 1. The molecule has 2 N–H and O–H groups in total. The van der Waals surface area contributed by atoms with Gasteiger partial charge in [0.1, 0.15) is 5.75 Å². The van der Waals surface area contributed by atoms with Crippen molar-refractivity contribution < 1.29 is 31.4 Å². The molecule has 1 aromatic rings. The largest absolute Gasteiger partial charge is 0.506 e. The van der Waals surface area contributed by atoms with Crippen molar-refractivity contribution in [3.8, 4) is 5.75 Å². The maximum Gasteiger partial charge on any atom is 0.416 e. The fraction of sp³-hybridized carbons (Fsp3) is 0.400. The maximum atomic E-state index is 12.5. The van der Waals surface area contributed by atoms with E-state index in [9.17, 15) is 26.7 Å². The molecule has 0 fully saturated rings. The van der Waals surface area contributed by atoms with Crippen molar-refractivity contribution >= 4 is 15.7 Å². The van der Waals surface area contributed by atoms with Crippen LogP contribution < -0.4 is 4.72 Å². The van der Waals surface area contributed by atoms with Crippen LogP contribution in [0, 0.1) is 0 Å². The number of phenolic OH excluding ortho intramolecular Hbond substituents is 1. The molecule has 9 heteroatoms. The van der Waals surface area contributed by atoms with Gasteiger partial charge in [0.25, 0.3) is 0 Å². The fourth-order valence-corrected chi connectivity index (χ4v) is 2.19. The summed E-state index contributed by atoms with van der Waals surface area (Å²) in [7, 11) is -2.59. The Hall–Kier alpha value is -1.48. The predicted octanol–water partition coefficient (Wildman–Crippen LogP) is 1.80. The van der Waals surface area contributed by atoms with Gasteiger partial charge in [-0.2, -0.15) is 13.2 Å². The highest BCUT2D eigenvalue weighted by Gasteiger charge is 2.31. The molecule has 0 saturated heterocycles. The minimum Gasteiger partial charge on any atom is -0.506 e. The zero-order valence-corrected chi connectivity index (χ0v) is 10.7. The quantitative estimate of drug-likeness (QED) is 0.813. The number of hydrogen-bond donors (Lipinski definition) is 2. The Morgan fingerprint density at radius 2 is 2.00 bits per heavy atom. The highest BCUT2D eigenvalue weighted by atomic mass is 32.2. The summed E-state index contributed by atoms with van der Waals surface area (Å²) >= 11 is 0. The summed E-state index contributed by atoms with van der Waals surface area (Å²) in [6.07, 6.45) is -4.62. The van der Waals surface area contributed by atoms with Gasteiger partial charge in [0.15, 0.2) is 0 Å². The van der Waals surface area contributed by atoms with Crippen LogP contribution in [0.3, 0.4) is 0 Å². The zero-order valence-electron chi connectivity index (χ0n) is 9.86. The number of hydrogen-bond acceptors (Lipinski definition) is 4. The molecule has 5 nitrogen and oxygen atoms in total. The van der Waals surface area contributed by atoms with Gasteiger partial charge in [-0.1, -0.05) is 0 Å². The number of sulfonamides is 1. The van der Waals surface area contributed by atoms with Crippen LogP contribution in [-0.2, 0) is 20.9 Å².